The van der Waals surface area contributed by atoms with Crippen LogP contribution in [0.15, 0.2) is 42.1 Å². The third-order valence-corrected chi connectivity index (χ3v) is 9.20. The third-order valence-electron chi connectivity index (χ3n) is 8.96. The molecule has 2 saturated carbocycles. The minimum absolute atomic E-state index is 0.00831. The molecule has 12 heteroatoms. The maximum Gasteiger partial charge on any atom is 0.408 e. The average Bonchev–Trinajstić information content (AvgIpc) is 3.30. The summed E-state index contributed by atoms with van der Waals surface area (Å²) in [6.45, 7) is 9.15. The first-order valence-corrected chi connectivity index (χ1v) is 15.1. The van der Waals surface area contributed by atoms with Crippen molar-refractivity contribution >= 4 is 41.2 Å². The zero-order valence-corrected chi connectivity index (χ0v) is 25.5. The Morgan fingerprint density at radius 1 is 1.23 bits per heavy atom. The van der Waals surface area contributed by atoms with Gasteiger partial charge < -0.3 is 30.2 Å². The summed E-state index contributed by atoms with van der Waals surface area (Å²) in [5, 5.41) is 20.2. The molecule has 43 heavy (non-hydrogen) atoms. The van der Waals surface area contributed by atoms with Gasteiger partial charge in [0.2, 0.25) is 11.8 Å². The fourth-order valence-corrected chi connectivity index (χ4v) is 6.59. The number of oxime groups is 1. The van der Waals surface area contributed by atoms with Crippen LogP contribution in [0.2, 0.25) is 5.02 Å². The highest BCUT2D eigenvalue weighted by Crippen LogP contribution is 2.46. The molecule has 5 rings (SSSR count). The van der Waals surface area contributed by atoms with E-state index in [2.05, 4.69) is 22.4 Å². The number of likely N-dealkylation sites (tertiary alicyclic amines) is 1. The lowest BCUT2D eigenvalue weighted by Crippen LogP contribution is -2.59. The number of amides is 3. The Kier molecular flexibility index (Phi) is 8.24. The standard InChI is InChI=1S/C31H39ClN4O7/c1-5-19-14-31(19,27(39)40)34-25(37)23-16-30(15-22(35-43-30)18-9-8-10-20(32)13-18)17-36(23)26(38)24(29(2,3)4)33-28(41)42-21-11-6-7-12-21/h5,8-10,13,19,21,23-24H,1,6-7,11-12,14-17H2,2-4H3,(H,33,41)(H,34,37)(H,39,40)/t19-,23+,24-,30-,31-/m1/s1. The molecule has 2 heterocycles. The summed E-state index contributed by atoms with van der Waals surface area (Å²) in [4.78, 5) is 60.5. The Hall–Kier alpha value is -3.60. The second-order valence-electron chi connectivity index (χ2n) is 13.3. The predicted octanol–water partition coefficient (Wildman–Crippen LogP) is 4.03. The Labute approximate surface area is 256 Å². The van der Waals surface area contributed by atoms with Gasteiger partial charge in [-0.3, -0.25) is 9.59 Å². The fourth-order valence-electron chi connectivity index (χ4n) is 6.39. The number of hydrogen-bond donors (Lipinski definition) is 3. The monoisotopic (exact) mass is 614 g/mol. The van der Waals surface area contributed by atoms with Gasteiger partial charge in [-0.2, -0.15) is 0 Å². The molecule has 0 aromatic heterocycles. The summed E-state index contributed by atoms with van der Waals surface area (Å²) in [6, 6.07) is 5.06. The molecule has 1 saturated heterocycles. The van der Waals surface area contributed by atoms with Gasteiger partial charge in [-0.25, -0.2) is 9.59 Å². The number of rotatable bonds is 8. The number of halogens is 1. The van der Waals surface area contributed by atoms with Crippen LogP contribution in [-0.4, -0.2) is 75.5 Å². The predicted molar refractivity (Wildman–Crippen MR) is 158 cm³/mol. The largest absolute Gasteiger partial charge is 0.479 e. The van der Waals surface area contributed by atoms with E-state index >= 15 is 0 Å². The van der Waals surface area contributed by atoms with Crippen molar-refractivity contribution in [3.8, 4) is 0 Å². The number of carboxylic acid groups (broad SMARTS) is 1. The van der Waals surface area contributed by atoms with Crippen molar-refractivity contribution in [3.63, 3.8) is 0 Å². The van der Waals surface area contributed by atoms with Crippen LogP contribution in [-0.2, 0) is 24.0 Å². The number of carbonyl (C=O) groups excluding carboxylic acids is 3. The van der Waals surface area contributed by atoms with Gasteiger partial charge in [-0.1, -0.05) is 55.7 Å². The van der Waals surface area contributed by atoms with E-state index in [1.807, 2.05) is 26.8 Å². The van der Waals surface area contributed by atoms with Gasteiger partial charge in [-0.05, 0) is 49.7 Å². The van der Waals surface area contributed by atoms with Crippen LogP contribution in [0.5, 0.6) is 0 Å². The molecule has 1 spiro atoms. The molecule has 2 aliphatic carbocycles. The van der Waals surface area contributed by atoms with Crippen molar-refractivity contribution in [2.24, 2.45) is 16.5 Å². The molecular formula is C31H39ClN4O7. The lowest BCUT2D eigenvalue weighted by molar-refractivity contribution is -0.146. The molecule has 4 aliphatic rings. The van der Waals surface area contributed by atoms with Crippen LogP contribution in [0.1, 0.15) is 71.3 Å². The number of hydrogen-bond acceptors (Lipinski definition) is 7. The zero-order chi connectivity index (χ0) is 31.2. The molecule has 3 fully saturated rings. The molecule has 0 bridgehead atoms. The van der Waals surface area contributed by atoms with Crippen LogP contribution >= 0.6 is 11.6 Å². The molecule has 5 atom stereocenters. The van der Waals surface area contributed by atoms with Crippen LogP contribution in [0.25, 0.3) is 0 Å². The molecule has 1 aromatic rings. The Morgan fingerprint density at radius 3 is 2.56 bits per heavy atom. The van der Waals surface area contributed by atoms with Gasteiger partial charge in [0, 0.05) is 29.3 Å². The maximum absolute atomic E-state index is 14.3. The van der Waals surface area contributed by atoms with E-state index in [9.17, 15) is 24.3 Å². The smallest absolute Gasteiger partial charge is 0.408 e. The van der Waals surface area contributed by atoms with Gasteiger partial charge in [-0.15, -0.1) is 6.58 Å². The Morgan fingerprint density at radius 2 is 1.95 bits per heavy atom. The molecule has 3 amide bonds. The number of nitrogens with one attached hydrogen (secondary N) is 2. The average molecular weight is 615 g/mol. The van der Waals surface area contributed by atoms with E-state index < -0.39 is 58.4 Å². The van der Waals surface area contributed by atoms with E-state index in [4.69, 9.17) is 21.2 Å². The van der Waals surface area contributed by atoms with Crippen LogP contribution in [0, 0.1) is 11.3 Å². The van der Waals surface area contributed by atoms with Gasteiger partial charge in [0.1, 0.15) is 23.7 Å². The van der Waals surface area contributed by atoms with Gasteiger partial charge in [0.05, 0.1) is 12.3 Å². The summed E-state index contributed by atoms with van der Waals surface area (Å²) >= 11 is 6.19. The third kappa shape index (κ3) is 6.23. The highest BCUT2D eigenvalue weighted by molar-refractivity contribution is 6.31. The molecule has 1 aromatic carbocycles. The van der Waals surface area contributed by atoms with E-state index in [1.165, 1.54) is 11.0 Å². The second-order valence-corrected chi connectivity index (χ2v) is 13.7. The minimum Gasteiger partial charge on any atom is -0.479 e. The highest BCUT2D eigenvalue weighted by atomic mass is 35.5. The summed E-state index contributed by atoms with van der Waals surface area (Å²) in [6.07, 6.45) is 4.75. The lowest BCUT2D eigenvalue weighted by atomic mass is 9.85. The van der Waals surface area contributed by atoms with E-state index in [0.717, 1.165) is 31.2 Å². The first-order chi connectivity index (χ1) is 20.3. The summed E-state index contributed by atoms with van der Waals surface area (Å²) in [7, 11) is 0. The van der Waals surface area contributed by atoms with E-state index in [-0.39, 0.29) is 25.5 Å². The summed E-state index contributed by atoms with van der Waals surface area (Å²) < 4.78 is 5.59. The number of nitrogens with zero attached hydrogens (tertiary/aromatic N) is 2. The SMILES string of the molecule is C=C[C@@H]1C[C@]1(NC(=O)[C@@H]1C[C@]2(CC(c3cccc(Cl)c3)=NO2)CN1C(=O)[C@@H](NC(=O)OC1CCCC1)C(C)(C)C)C(=O)O. The molecule has 0 unspecified atom stereocenters. The normalized spacial score (nSPS) is 29.0. The Bertz CT molecular complexity index is 1350. The zero-order valence-electron chi connectivity index (χ0n) is 24.7. The molecule has 0 radical (unpaired) electrons. The number of benzene rings is 1. The molecule has 3 N–H and O–H groups in total. The van der Waals surface area contributed by atoms with Crippen LogP contribution < -0.4 is 10.6 Å². The number of ether oxygens (including phenoxy) is 1. The number of carboxylic acids is 1. The van der Waals surface area contributed by atoms with Crippen molar-refractivity contribution in [1.29, 1.82) is 0 Å². The lowest BCUT2D eigenvalue weighted by Gasteiger charge is -2.35. The molecule has 11 nitrogen and oxygen atoms in total. The van der Waals surface area contributed by atoms with Crippen molar-refractivity contribution in [1.82, 2.24) is 15.5 Å². The summed E-state index contributed by atoms with van der Waals surface area (Å²) in [5.41, 5.74) is -1.86. The maximum atomic E-state index is 14.3. The first kappa shape index (κ1) is 30.8. The van der Waals surface area contributed by atoms with Crippen LogP contribution in [0.4, 0.5) is 4.79 Å². The molecular weight excluding hydrogens is 576 g/mol. The second kappa shape index (κ2) is 11.5. The number of carbonyl (C=O) groups is 4. The van der Waals surface area contributed by atoms with Crippen molar-refractivity contribution < 1.29 is 33.9 Å². The van der Waals surface area contributed by atoms with E-state index in [0.29, 0.717) is 17.2 Å². The minimum atomic E-state index is -1.48. The number of aliphatic carboxylic acids is 1. The van der Waals surface area contributed by atoms with Gasteiger partial charge >= 0.3 is 12.1 Å². The summed E-state index contributed by atoms with van der Waals surface area (Å²) in [5.74, 6) is -2.70. The van der Waals surface area contributed by atoms with Crippen molar-refractivity contribution in [2.75, 3.05) is 6.54 Å². The number of alkyl carbamates (subject to hydrolysis) is 1. The van der Waals surface area contributed by atoms with E-state index in [1.54, 1.807) is 18.2 Å². The first-order valence-electron chi connectivity index (χ1n) is 14.7. The fraction of sp³-hybridized carbons (Fsp3) is 0.581. The molecule has 2 aliphatic heterocycles. The van der Waals surface area contributed by atoms with Gasteiger partial charge in [0.25, 0.3) is 0 Å². The van der Waals surface area contributed by atoms with Gasteiger partial charge in [0.15, 0.2) is 5.60 Å². The Balaban J connectivity index is 1.40. The molecule has 232 valence electrons. The van der Waals surface area contributed by atoms with Crippen molar-refractivity contribution in [3.05, 3.63) is 47.5 Å². The van der Waals surface area contributed by atoms with Crippen LogP contribution in [0.3, 0.4) is 0 Å². The highest BCUT2D eigenvalue weighted by Gasteiger charge is 2.62. The van der Waals surface area contributed by atoms with Crippen molar-refractivity contribution in [2.45, 2.75) is 95.0 Å². The topological polar surface area (TPSA) is 147 Å². The quantitative estimate of drug-likeness (QED) is 0.375.